The van der Waals surface area contributed by atoms with Crippen molar-refractivity contribution in [2.45, 2.75) is 194 Å². The molecule has 1 saturated carbocycles. The molecule has 44 heavy (non-hydrogen) atoms. The largest absolute Gasteiger partial charge is 0.483 e. The maximum absolute atomic E-state index is 12.5. The van der Waals surface area contributed by atoms with E-state index in [-0.39, 0.29) is 25.2 Å². The van der Waals surface area contributed by atoms with E-state index in [4.69, 9.17) is 14.6 Å². The van der Waals surface area contributed by atoms with Gasteiger partial charge in [-0.2, -0.15) is 0 Å². The van der Waals surface area contributed by atoms with E-state index in [1.54, 1.807) is 0 Å². The van der Waals surface area contributed by atoms with Crippen molar-refractivity contribution in [3.63, 3.8) is 0 Å². The summed E-state index contributed by atoms with van der Waals surface area (Å²) in [5.74, 6) is 1.63. The first kappa shape index (κ1) is 42.9. The lowest BCUT2D eigenvalue weighted by Gasteiger charge is -2.21. The summed E-state index contributed by atoms with van der Waals surface area (Å²) < 4.78 is 5.93. The van der Waals surface area contributed by atoms with E-state index in [0.717, 1.165) is 51.2 Å². The number of unbranched alkanes of at least 4 members (excludes halogenated alkanes) is 14. The van der Waals surface area contributed by atoms with Gasteiger partial charge in [0.05, 0.1) is 6.61 Å². The lowest BCUT2D eigenvalue weighted by Crippen LogP contribution is -2.29. The summed E-state index contributed by atoms with van der Waals surface area (Å²) in [6.07, 6.45) is 33.1. The van der Waals surface area contributed by atoms with Crippen LogP contribution in [0.15, 0.2) is 0 Å². The van der Waals surface area contributed by atoms with Crippen LogP contribution in [0.4, 0.5) is 0 Å². The van der Waals surface area contributed by atoms with Gasteiger partial charge in [0.1, 0.15) is 6.10 Å². The second kappa shape index (κ2) is 33.2. The first-order valence-corrected chi connectivity index (χ1v) is 19.2. The topological polar surface area (TPSA) is 87.1 Å². The monoisotopic (exact) mass is 626 g/mol. The number of carbonyl (C=O) groups excluding carboxylic acids is 1. The predicted octanol–water partition coefficient (Wildman–Crippen LogP) is 10.3. The molecule has 0 spiro atoms. The fraction of sp³-hybridized carbons (Fsp3) is 0.947. The van der Waals surface area contributed by atoms with Crippen LogP contribution in [-0.2, 0) is 14.3 Å². The summed E-state index contributed by atoms with van der Waals surface area (Å²) in [4.78, 5) is 23.3. The Hall–Kier alpha value is -1.14. The van der Waals surface area contributed by atoms with E-state index < -0.39 is 0 Å². The van der Waals surface area contributed by atoms with Crippen molar-refractivity contribution in [2.24, 2.45) is 11.8 Å². The van der Waals surface area contributed by atoms with Crippen LogP contribution in [0.25, 0.3) is 0 Å². The number of carboxylic acid groups (broad SMARTS) is 1. The zero-order valence-electron chi connectivity index (χ0n) is 29.6. The van der Waals surface area contributed by atoms with Crippen LogP contribution in [0.5, 0.6) is 0 Å². The van der Waals surface area contributed by atoms with Gasteiger partial charge in [0, 0.05) is 13.0 Å². The van der Waals surface area contributed by atoms with E-state index in [9.17, 15) is 9.90 Å². The number of aliphatic hydroxyl groups excluding tert-OH is 1. The van der Waals surface area contributed by atoms with Gasteiger partial charge in [0.15, 0.2) is 0 Å². The Balaban J connectivity index is 0.00000590. The highest BCUT2D eigenvalue weighted by Gasteiger charge is 2.33. The standard InChI is InChI=1S/C37H73NO3.CH2O2/c1-4-7-10-11-14-19-26-36(35-28-29-35)41-37(40)27-20-16-22-31-38(32-33-39)30-21-15-12-13-18-25-34(23-9-6-3)24-17-8-5-2;2-1-3/h34-36,39H,4-33H2,1-3H3;1H,(H,2,3). The maximum Gasteiger partial charge on any atom is 0.306 e. The first-order valence-electron chi connectivity index (χ1n) is 19.2. The van der Waals surface area contributed by atoms with Crippen LogP contribution >= 0.6 is 0 Å². The van der Waals surface area contributed by atoms with Crippen LogP contribution < -0.4 is 0 Å². The first-order chi connectivity index (χ1) is 21.6. The maximum atomic E-state index is 12.5. The van der Waals surface area contributed by atoms with Gasteiger partial charge in [-0.3, -0.25) is 9.59 Å². The third kappa shape index (κ3) is 28.3. The molecule has 0 aromatic carbocycles. The van der Waals surface area contributed by atoms with Crippen molar-refractivity contribution >= 4 is 12.4 Å². The average molecular weight is 626 g/mol. The fourth-order valence-electron chi connectivity index (χ4n) is 6.38. The lowest BCUT2D eigenvalue weighted by atomic mass is 9.90. The Bertz CT molecular complexity index is 612. The summed E-state index contributed by atoms with van der Waals surface area (Å²) in [6, 6.07) is 0. The summed E-state index contributed by atoms with van der Waals surface area (Å²) in [7, 11) is 0. The molecule has 0 heterocycles. The molecule has 1 rings (SSSR count). The summed E-state index contributed by atoms with van der Waals surface area (Å²) in [6.45, 7) is 9.79. The van der Waals surface area contributed by atoms with Crippen LogP contribution in [-0.4, -0.2) is 59.9 Å². The van der Waals surface area contributed by atoms with Gasteiger partial charge in [-0.05, 0) is 69.9 Å². The minimum absolute atomic E-state index is 0.0257. The highest BCUT2D eigenvalue weighted by molar-refractivity contribution is 5.69. The quantitative estimate of drug-likeness (QED) is 0.0439. The Kier molecular flexibility index (Phi) is 32.4. The van der Waals surface area contributed by atoms with Crippen molar-refractivity contribution in [2.75, 3.05) is 26.2 Å². The molecule has 2 unspecified atom stereocenters. The van der Waals surface area contributed by atoms with Crippen LogP contribution in [0.1, 0.15) is 188 Å². The Morgan fingerprint density at radius 1 is 0.682 bits per heavy atom. The highest BCUT2D eigenvalue weighted by atomic mass is 16.5. The fourth-order valence-corrected chi connectivity index (χ4v) is 6.38. The molecule has 0 aromatic heterocycles. The van der Waals surface area contributed by atoms with Crippen molar-refractivity contribution in [3.05, 3.63) is 0 Å². The van der Waals surface area contributed by atoms with Gasteiger partial charge >= 0.3 is 5.97 Å². The molecule has 6 nitrogen and oxygen atoms in total. The molecule has 262 valence electrons. The molecule has 1 aliphatic rings. The van der Waals surface area contributed by atoms with E-state index in [1.165, 1.54) is 135 Å². The second-order valence-corrected chi connectivity index (χ2v) is 13.5. The van der Waals surface area contributed by atoms with Crippen LogP contribution in [0.3, 0.4) is 0 Å². The number of aliphatic hydroxyl groups is 1. The minimum Gasteiger partial charge on any atom is -0.483 e. The molecular weight excluding hydrogens is 550 g/mol. The molecule has 1 fully saturated rings. The van der Waals surface area contributed by atoms with Gasteiger partial charge in [0.25, 0.3) is 6.47 Å². The van der Waals surface area contributed by atoms with Crippen molar-refractivity contribution in [1.29, 1.82) is 0 Å². The Labute approximate surface area is 273 Å². The number of carbonyl (C=O) groups is 2. The summed E-state index contributed by atoms with van der Waals surface area (Å²) in [5, 5.41) is 16.4. The van der Waals surface area contributed by atoms with Gasteiger partial charge in [-0.1, -0.05) is 136 Å². The molecule has 0 aliphatic heterocycles. The summed E-state index contributed by atoms with van der Waals surface area (Å²) >= 11 is 0. The smallest absolute Gasteiger partial charge is 0.306 e. The molecule has 2 atom stereocenters. The Morgan fingerprint density at radius 2 is 1.14 bits per heavy atom. The number of esters is 1. The average Bonchev–Trinajstić information content (AvgIpc) is 3.86. The Morgan fingerprint density at radius 3 is 1.70 bits per heavy atom. The van der Waals surface area contributed by atoms with Crippen molar-refractivity contribution < 1.29 is 24.5 Å². The van der Waals surface area contributed by atoms with Gasteiger partial charge < -0.3 is 19.8 Å². The molecule has 0 amide bonds. The third-order valence-electron chi connectivity index (χ3n) is 9.31. The van der Waals surface area contributed by atoms with Gasteiger partial charge in [0.2, 0.25) is 0 Å². The number of nitrogens with zero attached hydrogens (tertiary/aromatic N) is 1. The number of hydrogen-bond donors (Lipinski definition) is 2. The van der Waals surface area contributed by atoms with E-state index in [1.807, 2.05) is 0 Å². The third-order valence-corrected chi connectivity index (χ3v) is 9.31. The normalized spacial score (nSPS) is 14.2. The molecular formula is C38H75NO5. The zero-order valence-corrected chi connectivity index (χ0v) is 29.6. The molecule has 1 aliphatic carbocycles. The van der Waals surface area contributed by atoms with E-state index >= 15 is 0 Å². The lowest BCUT2D eigenvalue weighted by molar-refractivity contribution is -0.150. The number of rotatable bonds is 32. The van der Waals surface area contributed by atoms with Crippen molar-refractivity contribution in [1.82, 2.24) is 4.90 Å². The summed E-state index contributed by atoms with van der Waals surface area (Å²) in [5.41, 5.74) is 0. The minimum atomic E-state index is -0.250. The number of ether oxygens (including phenoxy) is 1. The number of hydrogen-bond acceptors (Lipinski definition) is 5. The molecule has 0 radical (unpaired) electrons. The second-order valence-electron chi connectivity index (χ2n) is 13.5. The molecule has 2 N–H and O–H groups in total. The highest BCUT2D eigenvalue weighted by Crippen LogP contribution is 2.37. The molecule has 0 aromatic rings. The van der Waals surface area contributed by atoms with Crippen LogP contribution in [0, 0.1) is 11.8 Å². The molecule has 0 bridgehead atoms. The van der Waals surface area contributed by atoms with E-state index in [2.05, 4.69) is 25.7 Å². The van der Waals surface area contributed by atoms with Gasteiger partial charge in [-0.15, -0.1) is 0 Å². The van der Waals surface area contributed by atoms with Crippen molar-refractivity contribution in [3.8, 4) is 0 Å². The molecule has 6 heteroatoms. The molecule has 0 saturated heterocycles. The SMILES string of the molecule is CCCCCCCCC(OC(=O)CCCCCN(CCO)CCCCCCCC(CCCC)CCCCC)C1CC1.O=CO. The van der Waals surface area contributed by atoms with Gasteiger partial charge in [-0.25, -0.2) is 0 Å². The predicted molar refractivity (Wildman–Crippen MR) is 186 cm³/mol. The van der Waals surface area contributed by atoms with E-state index in [0.29, 0.717) is 12.3 Å². The zero-order chi connectivity index (χ0) is 32.5. The van der Waals surface area contributed by atoms with Crippen LogP contribution in [0.2, 0.25) is 0 Å².